The number of likely N-dealkylation sites (N-methyl/N-ethyl adjacent to an activating group) is 1. The molecule has 32 heavy (non-hydrogen) atoms. The third kappa shape index (κ3) is 4.18. The highest BCUT2D eigenvalue weighted by Crippen LogP contribution is 2.47. The number of hydrogen-bond donors (Lipinski definition) is 0. The van der Waals surface area contributed by atoms with E-state index < -0.39 is 41.4 Å². The maximum Gasteiger partial charge on any atom is 0.433 e. The molecule has 4 nitrogen and oxygen atoms in total. The highest BCUT2D eigenvalue weighted by molar-refractivity contribution is 9.10. The van der Waals surface area contributed by atoms with Crippen LogP contribution in [0.2, 0.25) is 0 Å². The zero-order chi connectivity index (χ0) is 23.4. The summed E-state index contributed by atoms with van der Waals surface area (Å²) in [6.45, 7) is 0. The smallest absolute Gasteiger partial charge is 0.341 e. The molecule has 172 valence electrons. The van der Waals surface area contributed by atoms with E-state index in [1.165, 1.54) is 16.8 Å². The van der Waals surface area contributed by atoms with Crippen LogP contribution in [0, 0.1) is 5.92 Å². The molecule has 1 aliphatic heterocycles. The van der Waals surface area contributed by atoms with Gasteiger partial charge in [0.1, 0.15) is 17.6 Å². The molecule has 2 heterocycles. The molecular weight excluding hydrogens is 504 g/mol. The molecule has 1 aromatic heterocycles. The van der Waals surface area contributed by atoms with Gasteiger partial charge in [0.2, 0.25) is 5.91 Å². The molecule has 1 amide bonds. The fraction of sp³-hybridized carbons (Fsp3) is 0.429. The maximum atomic E-state index is 13.4. The third-order valence-electron chi connectivity index (χ3n) is 6.06. The summed E-state index contributed by atoms with van der Waals surface area (Å²) in [7, 11) is 1.54. The Balaban J connectivity index is 1.76. The van der Waals surface area contributed by atoms with Crippen LogP contribution in [-0.2, 0) is 17.1 Å². The number of hydrogen-bond acceptors (Lipinski definition) is 3. The van der Waals surface area contributed by atoms with Gasteiger partial charge < -0.3 is 9.80 Å². The molecule has 1 saturated carbocycles. The zero-order valence-electron chi connectivity index (χ0n) is 16.7. The van der Waals surface area contributed by atoms with Gasteiger partial charge in [-0.25, -0.2) is 4.98 Å². The molecule has 2 bridgehead atoms. The van der Waals surface area contributed by atoms with Crippen molar-refractivity contribution in [3.8, 4) is 0 Å². The molecule has 0 radical (unpaired) electrons. The number of benzene rings is 1. The fourth-order valence-electron chi connectivity index (χ4n) is 4.60. The SMILES string of the molecule is CN(C(=O)[C@@H]1[C@H]2CC[C@H](C2)N1c1cc(C(F)(F)F)cc(C(F)(F)F)n1)c1cccc(Br)c1. The molecule has 1 saturated heterocycles. The second-order valence-electron chi connectivity index (χ2n) is 8.05. The Morgan fingerprint density at radius 2 is 1.81 bits per heavy atom. The topological polar surface area (TPSA) is 36.4 Å². The number of amides is 1. The van der Waals surface area contributed by atoms with Crippen LogP contribution in [0.5, 0.6) is 0 Å². The van der Waals surface area contributed by atoms with Gasteiger partial charge in [-0.05, 0) is 55.5 Å². The molecule has 3 atom stereocenters. The third-order valence-corrected chi connectivity index (χ3v) is 6.55. The first-order chi connectivity index (χ1) is 14.9. The van der Waals surface area contributed by atoms with E-state index in [9.17, 15) is 31.1 Å². The van der Waals surface area contributed by atoms with Crippen molar-refractivity contribution in [3.63, 3.8) is 0 Å². The number of carbonyl (C=O) groups is 1. The van der Waals surface area contributed by atoms with Crippen LogP contribution in [-0.4, -0.2) is 30.0 Å². The number of anilines is 2. The van der Waals surface area contributed by atoms with Crippen LogP contribution in [0.3, 0.4) is 0 Å². The first kappa shape index (κ1) is 22.9. The van der Waals surface area contributed by atoms with Gasteiger partial charge in [-0.3, -0.25) is 4.79 Å². The second kappa shape index (κ2) is 7.93. The van der Waals surface area contributed by atoms with Crippen molar-refractivity contribution in [3.05, 3.63) is 52.1 Å². The number of fused-ring (bicyclic) bond motifs is 2. The Kier molecular flexibility index (Phi) is 5.67. The lowest BCUT2D eigenvalue weighted by Crippen LogP contribution is -2.51. The molecule has 0 N–H and O–H groups in total. The summed E-state index contributed by atoms with van der Waals surface area (Å²) in [6, 6.07) is 6.28. The average molecular weight is 522 g/mol. The summed E-state index contributed by atoms with van der Waals surface area (Å²) in [5, 5.41) is 0. The largest absolute Gasteiger partial charge is 0.433 e. The number of carbonyl (C=O) groups excluding carboxylic acids is 1. The lowest BCUT2D eigenvalue weighted by molar-refractivity contribution is -0.145. The minimum absolute atomic E-state index is 0.00226. The Bertz CT molecular complexity index is 1010. The number of pyridine rings is 1. The van der Waals surface area contributed by atoms with Gasteiger partial charge in [-0.1, -0.05) is 22.0 Å². The number of nitrogens with zero attached hydrogens (tertiary/aromatic N) is 3. The summed E-state index contributed by atoms with van der Waals surface area (Å²) < 4.78 is 80.8. The fourth-order valence-corrected chi connectivity index (χ4v) is 4.99. The zero-order valence-corrected chi connectivity index (χ0v) is 18.3. The highest BCUT2D eigenvalue weighted by Gasteiger charge is 2.51. The average Bonchev–Trinajstić information content (AvgIpc) is 3.32. The Morgan fingerprint density at radius 3 is 2.44 bits per heavy atom. The summed E-state index contributed by atoms with van der Waals surface area (Å²) in [5.41, 5.74) is -2.51. The van der Waals surface area contributed by atoms with Crippen molar-refractivity contribution < 1.29 is 31.1 Å². The van der Waals surface area contributed by atoms with Gasteiger partial charge in [-0.15, -0.1) is 0 Å². The Morgan fingerprint density at radius 1 is 1.09 bits per heavy atom. The summed E-state index contributed by atoms with van der Waals surface area (Å²) in [6.07, 6.45) is -8.27. The van der Waals surface area contributed by atoms with Crippen LogP contribution in [0.25, 0.3) is 0 Å². The van der Waals surface area contributed by atoms with E-state index in [1.807, 2.05) is 0 Å². The number of alkyl halides is 6. The quantitative estimate of drug-likeness (QED) is 0.471. The standard InChI is InChI=1S/C21H18BrF6N3O/c1-30(14-4-2-3-13(22)10-14)19(32)18-11-5-6-15(7-11)31(18)17-9-12(20(23,24)25)8-16(29-17)21(26,27)28/h2-4,8-11,15,18H,5-7H2,1H3/t11-,15+,18-/m0/s1. The van der Waals surface area contributed by atoms with E-state index in [1.54, 1.807) is 24.3 Å². The van der Waals surface area contributed by atoms with Crippen molar-refractivity contribution in [2.75, 3.05) is 16.8 Å². The lowest BCUT2D eigenvalue weighted by atomic mass is 9.97. The van der Waals surface area contributed by atoms with Gasteiger partial charge in [0.25, 0.3) is 0 Å². The van der Waals surface area contributed by atoms with Crippen molar-refractivity contribution >= 4 is 33.3 Å². The summed E-state index contributed by atoms with van der Waals surface area (Å²) in [5.74, 6) is -1.05. The molecule has 0 spiro atoms. The highest BCUT2D eigenvalue weighted by atomic mass is 79.9. The van der Waals surface area contributed by atoms with Crippen molar-refractivity contribution in [1.29, 1.82) is 0 Å². The predicted molar refractivity (Wildman–Crippen MR) is 109 cm³/mol. The van der Waals surface area contributed by atoms with E-state index in [-0.39, 0.29) is 18.0 Å². The van der Waals surface area contributed by atoms with Gasteiger partial charge in [0.05, 0.1) is 5.56 Å². The van der Waals surface area contributed by atoms with Gasteiger partial charge in [0.15, 0.2) is 0 Å². The monoisotopic (exact) mass is 521 g/mol. The van der Waals surface area contributed by atoms with Gasteiger partial charge >= 0.3 is 12.4 Å². The number of piperidine rings is 1. The van der Waals surface area contributed by atoms with Crippen molar-refractivity contribution in [2.24, 2.45) is 5.92 Å². The van der Waals surface area contributed by atoms with Gasteiger partial charge in [-0.2, -0.15) is 26.3 Å². The number of halogens is 7. The van der Waals surface area contributed by atoms with Crippen LogP contribution in [0.1, 0.15) is 30.5 Å². The molecule has 2 aromatic rings. The minimum atomic E-state index is -5.05. The molecule has 0 unspecified atom stereocenters. The van der Waals surface area contributed by atoms with E-state index in [0.29, 0.717) is 31.0 Å². The van der Waals surface area contributed by atoms with E-state index in [4.69, 9.17) is 0 Å². The molecular formula is C21H18BrF6N3O. The van der Waals surface area contributed by atoms with E-state index >= 15 is 0 Å². The predicted octanol–water partition coefficient (Wildman–Crippen LogP) is 5.90. The molecule has 11 heteroatoms. The molecule has 1 aliphatic carbocycles. The summed E-state index contributed by atoms with van der Waals surface area (Å²) in [4.78, 5) is 19.6. The summed E-state index contributed by atoms with van der Waals surface area (Å²) >= 11 is 3.33. The Labute approximate surface area is 188 Å². The number of aromatic nitrogens is 1. The molecule has 2 aliphatic rings. The molecule has 2 fully saturated rings. The first-order valence-electron chi connectivity index (χ1n) is 9.84. The van der Waals surface area contributed by atoms with Crippen LogP contribution >= 0.6 is 15.9 Å². The van der Waals surface area contributed by atoms with Crippen molar-refractivity contribution in [2.45, 2.75) is 43.7 Å². The van der Waals surface area contributed by atoms with Crippen molar-refractivity contribution in [1.82, 2.24) is 4.98 Å². The first-order valence-corrected chi connectivity index (χ1v) is 10.6. The van der Waals surface area contributed by atoms with Gasteiger partial charge in [0, 0.05) is 23.2 Å². The molecule has 1 aromatic carbocycles. The maximum absolute atomic E-state index is 13.4. The number of rotatable bonds is 3. The normalized spacial score (nSPS) is 23.0. The minimum Gasteiger partial charge on any atom is -0.341 e. The van der Waals surface area contributed by atoms with E-state index in [0.717, 1.165) is 4.47 Å². The van der Waals surface area contributed by atoms with Crippen LogP contribution < -0.4 is 9.80 Å². The molecule has 4 rings (SSSR count). The lowest BCUT2D eigenvalue weighted by Gasteiger charge is -2.37. The van der Waals surface area contributed by atoms with Crippen LogP contribution in [0.15, 0.2) is 40.9 Å². The Hall–Kier alpha value is -2.30. The van der Waals surface area contributed by atoms with E-state index in [2.05, 4.69) is 20.9 Å². The van der Waals surface area contributed by atoms with Crippen LogP contribution in [0.4, 0.5) is 37.8 Å². The second-order valence-corrected chi connectivity index (χ2v) is 8.97.